The zero-order valence-corrected chi connectivity index (χ0v) is 9.54. The minimum atomic E-state index is 0.579. The number of hydroxylamine groups is 2. The molecule has 1 aromatic rings. The van der Waals surface area contributed by atoms with Gasteiger partial charge in [-0.2, -0.15) is 0 Å². The van der Waals surface area contributed by atoms with Crippen LogP contribution in [0.25, 0.3) is 0 Å². The molecule has 1 aromatic carbocycles. The van der Waals surface area contributed by atoms with Gasteiger partial charge in [-0.05, 0) is 11.6 Å². The van der Waals surface area contributed by atoms with Gasteiger partial charge in [0.15, 0.2) is 0 Å². The first-order valence-electron chi connectivity index (χ1n) is 5.80. The highest BCUT2D eigenvalue weighted by Gasteiger charge is 2.20. The van der Waals surface area contributed by atoms with Crippen LogP contribution in [0.3, 0.4) is 0 Å². The number of benzene rings is 1. The van der Waals surface area contributed by atoms with Gasteiger partial charge in [0.2, 0.25) is 0 Å². The molecule has 0 spiro atoms. The van der Waals surface area contributed by atoms with E-state index in [1.54, 1.807) is 0 Å². The quantitative estimate of drug-likeness (QED) is 0.791. The third-order valence-corrected chi connectivity index (χ3v) is 2.87. The van der Waals surface area contributed by atoms with Crippen LogP contribution in [0, 0.1) is 0 Å². The maximum atomic E-state index is 5.78. The Kier molecular flexibility index (Phi) is 2.76. The van der Waals surface area contributed by atoms with Gasteiger partial charge in [-0.3, -0.25) is 9.83 Å². The van der Waals surface area contributed by atoms with E-state index in [9.17, 15) is 0 Å². The monoisotopic (exact) mass is 226 g/mol. The van der Waals surface area contributed by atoms with Crippen molar-refractivity contribution in [2.24, 2.45) is 4.99 Å². The second kappa shape index (κ2) is 4.55. The van der Waals surface area contributed by atoms with Crippen molar-refractivity contribution < 1.29 is 4.84 Å². The van der Waals surface area contributed by atoms with Gasteiger partial charge in [0.05, 0.1) is 18.0 Å². The largest absolute Gasteiger partial charge is 0.283 e. The third-order valence-electron chi connectivity index (χ3n) is 2.87. The number of hydrogen-bond acceptors (Lipinski definition) is 3. The molecule has 0 amide bonds. The lowest BCUT2D eigenvalue weighted by atomic mass is 10.1. The number of allylic oxidation sites excluding steroid dienone is 2. The predicted octanol–water partition coefficient (Wildman–Crippen LogP) is 2.68. The zero-order chi connectivity index (χ0) is 11.5. The van der Waals surface area contributed by atoms with Crippen LogP contribution in [-0.4, -0.2) is 17.3 Å². The van der Waals surface area contributed by atoms with Crippen molar-refractivity contribution in [3.05, 3.63) is 59.9 Å². The summed E-state index contributed by atoms with van der Waals surface area (Å²) in [7, 11) is 0. The lowest BCUT2D eigenvalue weighted by Gasteiger charge is -2.24. The van der Waals surface area contributed by atoms with Crippen molar-refractivity contribution in [2.75, 3.05) is 6.54 Å². The Morgan fingerprint density at radius 2 is 2.12 bits per heavy atom. The average Bonchev–Trinajstić information content (AvgIpc) is 2.86. The Bertz CT molecular complexity index is 488. The molecule has 3 rings (SSSR count). The van der Waals surface area contributed by atoms with Crippen LogP contribution >= 0.6 is 0 Å². The lowest BCUT2D eigenvalue weighted by molar-refractivity contribution is -0.100. The Morgan fingerprint density at radius 1 is 1.24 bits per heavy atom. The summed E-state index contributed by atoms with van der Waals surface area (Å²) in [5.74, 6) is 0. The molecule has 0 saturated carbocycles. The molecule has 0 fully saturated rings. The summed E-state index contributed by atoms with van der Waals surface area (Å²) >= 11 is 0. The Morgan fingerprint density at radius 3 is 3.00 bits per heavy atom. The molecular formula is C14H14N2O. The number of aliphatic imine (C=N–C) groups is 1. The molecule has 3 heteroatoms. The van der Waals surface area contributed by atoms with E-state index < -0.39 is 0 Å². The van der Waals surface area contributed by atoms with Gasteiger partial charge >= 0.3 is 0 Å². The summed E-state index contributed by atoms with van der Waals surface area (Å²) in [5.41, 5.74) is 3.40. The molecule has 0 N–H and O–H groups in total. The Balaban J connectivity index is 1.68. The average molecular weight is 226 g/mol. The van der Waals surface area contributed by atoms with E-state index in [2.05, 4.69) is 29.3 Å². The fourth-order valence-corrected chi connectivity index (χ4v) is 2.00. The molecule has 0 atom stereocenters. The number of nitrogens with zero attached hydrogens (tertiary/aromatic N) is 2. The molecule has 2 aliphatic heterocycles. The smallest absolute Gasteiger partial charge is 0.100 e. The highest BCUT2D eigenvalue weighted by Crippen LogP contribution is 2.21. The normalized spacial score (nSPS) is 17.8. The van der Waals surface area contributed by atoms with Crippen LogP contribution in [-0.2, 0) is 11.4 Å². The lowest BCUT2D eigenvalue weighted by Crippen LogP contribution is -2.24. The summed E-state index contributed by atoms with van der Waals surface area (Å²) in [4.78, 5) is 10.2. The van der Waals surface area contributed by atoms with Gasteiger partial charge in [-0.25, -0.2) is 5.06 Å². The van der Waals surface area contributed by atoms with Crippen molar-refractivity contribution in [1.82, 2.24) is 5.06 Å². The fourth-order valence-electron chi connectivity index (χ4n) is 2.00. The summed E-state index contributed by atoms with van der Waals surface area (Å²) < 4.78 is 0. The van der Waals surface area contributed by atoms with Gasteiger partial charge in [-0.15, -0.1) is 0 Å². The molecule has 0 aliphatic carbocycles. The predicted molar refractivity (Wildman–Crippen MR) is 67.2 cm³/mol. The van der Waals surface area contributed by atoms with Gasteiger partial charge in [-0.1, -0.05) is 36.4 Å². The van der Waals surface area contributed by atoms with E-state index >= 15 is 0 Å². The molecule has 2 aliphatic rings. The number of fused-ring (bicyclic) bond motifs is 1. The van der Waals surface area contributed by atoms with Crippen LogP contribution in [0.4, 0.5) is 0 Å². The molecule has 0 radical (unpaired) electrons. The van der Waals surface area contributed by atoms with Crippen LogP contribution in [0.1, 0.15) is 12.0 Å². The van der Waals surface area contributed by atoms with Crippen LogP contribution in [0.2, 0.25) is 0 Å². The van der Waals surface area contributed by atoms with E-state index in [0.717, 1.165) is 24.4 Å². The molecule has 2 heterocycles. The Hall–Kier alpha value is -1.87. The molecular weight excluding hydrogens is 212 g/mol. The van der Waals surface area contributed by atoms with Crippen LogP contribution < -0.4 is 0 Å². The molecule has 86 valence electrons. The molecule has 17 heavy (non-hydrogen) atoms. The van der Waals surface area contributed by atoms with E-state index in [-0.39, 0.29) is 0 Å². The summed E-state index contributed by atoms with van der Waals surface area (Å²) in [5, 5.41) is 1.82. The molecule has 0 saturated heterocycles. The SMILES string of the molecule is C1=CN(OCc2ccccc2)C2=CCN=C2C1. The first-order chi connectivity index (χ1) is 8.43. The van der Waals surface area contributed by atoms with E-state index in [0.29, 0.717) is 6.61 Å². The molecule has 0 aromatic heterocycles. The first kappa shape index (κ1) is 10.3. The minimum Gasteiger partial charge on any atom is -0.283 e. The van der Waals surface area contributed by atoms with Gasteiger partial charge in [0.25, 0.3) is 0 Å². The van der Waals surface area contributed by atoms with Crippen molar-refractivity contribution >= 4 is 5.71 Å². The van der Waals surface area contributed by atoms with Crippen LogP contribution in [0.5, 0.6) is 0 Å². The van der Waals surface area contributed by atoms with Gasteiger partial charge in [0.1, 0.15) is 6.61 Å². The van der Waals surface area contributed by atoms with Crippen molar-refractivity contribution in [1.29, 1.82) is 0 Å². The van der Waals surface area contributed by atoms with E-state index in [1.807, 2.05) is 29.5 Å². The van der Waals surface area contributed by atoms with Crippen molar-refractivity contribution in [2.45, 2.75) is 13.0 Å². The highest BCUT2D eigenvalue weighted by molar-refractivity contribution is 6.02. The maximum absolute atomic E-state index is 5.78. The van der Waals surface area contributed by atoms with Gasteiger partial charge in [0, 0.05) is 12.6 Å². The number of hydrogen-bond donors (Lipinski definition) is 0. The number of rotatable bonds is 3. The summed E-state index contributed by atoms with van der Waals surface area (Å²) in [6.45, 7) is 1.35. The van der Waals surface area contributed by atoms with E-state index in [1.165, 1.54) is 5.56 Å². The second-order valence-electron chi connectivity index (χ2n) is 4.05. The van der Waals surface area contributed by atoms with Crippen molar-refractivity contribution in [3.8, 4) is 0 Å². The summed E-state index contributed by atoms with van der Waals surface area (Å²) in [6.07, 6.45) is 7.06. The molecule has 0 unspecified atom stereocenters. The standard InChI is InChI=1S/C14H14N2O/c1-2-5-12(6-3-1)11-17-16-10-4-7-13-14(16)8-9-15-13/h1-6,8,10H,7,9,11H2. The molecule has 0 bridgehead atoms. The Labute approximate surface area is 101 Å². The van der Waals surface area contributed by atoms with Crippen molar-refractivity contribution in [3.63, 3.8) is 0 Å². The highest BCUT2D eigenvalue weighted by atomic mass is 16.7. The molecule has 3 nitrogen and oxygen atoms in total. The second-order valence-corrected chi connectivity index (χ2v) is 4.05. The fraction of sp³-hybridized carbons (Fsp3) is 0.214. The zero-order valence-electron chi connectivity index (χ0n) is 9.54. The van der Waals surface area contributed by atoms with E-state index in [4.69, 9.17) is 4.84 Å². The maximum Gasteiger partial charge on any atom is 0.100 e. The topological polar surface area (TPSA) is 24.8 Å². The summed E-state index contributed by atoms with van der Waals surface area (Å²) in [6, 6.07) is 10.2. The first-order valence-corrected chi connectivity index (χ1v) is 5.80. The minimum absolute atomic E-state index is 0.579. The van der Waals surface area contributed by atoms with Crippen LogP contribution in [0.15, 0.2) is 59.4 Å². The van der Waals surface area contributed by atoms with Gasteiger partial charge < -0.3 is 0 Å². The third kappa shape index (κ3) is 2.15.